The second-order valence-corrected chi connectivity index (χ2v) is 14.9. The summed E-state index contributed by atoms with van der Waals surface area (Å²) < 4.78 is 34.7. The molecule has 0 aromatic carbocycles. The first-order valence-corrected chi connectivity index (χ1v) is 12.2. The molecule has 0 radical (unpaired) electrons. The van der Waals surface area contributed by atoms with Crippen molar-refractivity contribution in [1.29, 1.82) is 0 Å². The van der Waals surface area contributed by atoms with Crippen molar-refractivity contribution < 1.29 is 13.2 Å². The van der Waals surface area contributed by atoms with Crippen LogP contribution in [0, 0.1) is 0 Å². The average molecular weight is 366 g/mol. The predicted octanol–water partition coefficient (Wildman–Crippen LogP) is 3.43. The van der Waals surface area contributed by atoms with Crippen molar-refractivity contribution in [3.05, 3.63) is 0 Å². The molecule has 0 heterocycles. The van der Waals surface area contributed by atoms with Crippen LogP contribution in [0.4, 0.5) is 13.2 Å². The molecule has 5 heteroatoms. The molecule has 0 saturated heterocycles. The zero-order valence-electron chi connectivity index (χ0n) is 4.80. The van der Waals surface area contributed by atoms with Crippen LogP contribution in [0.25, 0.3) is 0 Å². The fraction of sp³-hybridized carbons (Fsp3) is 1.00. The van der Waals surface area contributed by atoms with Crippen molar-refractivity contribution in [2.45, 2.75) is 12.6 Å². The van der Waals surface area contributed by atoms with Crippen LogP contribution in [0.15, 0.2) is 0 Å². The maximum atomic E-state index is 11.4. The van der Waals surface area contributed by atoms with E-state index in [1.54, 1.807) is 0 Å². The molecule has 0 unspecified atom stereocenters. The van der Waals surface area contributed by atoms with E-state index in [2.05, 4.69) is 18.6 Å². The Bertz CT molecular complexity index is 78.4. The average Bonchev–Trinajstić information content (AvgIpc) is 1.59. The summed E-state index contributed by atoms with van der Waals surface area (Å²) in [5.74, 6) is 0. The van der Waals surface area contributed by atoms with Crippen LogP contribution in [0.2, 0.25) is 0 Å². The fourth-order valence-electron chi connectivity index (χ4n) is 0.237. The Morgan fingerprint density at radius 1 is 1.44 bits per heavy atom. The molecule has 0 atom stereocenters. The SMILES string of the molecule is CI(I)CCC(F)(F)F. The summed E-state index contributed by atoms with van der Waals surface area (Å²) in [5.41, 5.74) is 0. The molecule has 0 nitrogen and oxygen atoms in total. The van der Waals surface area contributed by atoms with Crippen LogP contribution in [0.5, 0.6) is 0 Å². The summed E-state index contributed by atoms with van der Waals surface area (Å²) in [6.45, 7) is 0. The van der Waals surface area contributed by atoms with Crippen LogP contribution in [0.3, 0.4) is 0 Å². The maximum absolute atomic E-state index is 11.4. The van der Waals surface area contributed by atoms with E-state index < -0.39 is 28.4 Å². The first-order chi connectivity index (χ1) is 3.92. The van der Waals surface area contributed by atoms with Crippen molar-refractivity contribution >= 4 is 34.5 Å². The summed E-state index contributed by atoms with van der Waals surface area (Å²) in [6, 6.07) is 0. The summed E-state index contributed by atoms with van der Waals surface area (Å²) in [6.07, 6.45) is -4.52. The summed E-state index contributed by atoms with van der Waals surface area (Å²) in [7, 11) is 0. The quantitative estimate of drug-likeness (QED) is 0.519. The number of hydrogen-bond donors (Lipinski definition) is 0. The third kappa shape index (κ3) is 9.25. The van der Waals surface area contributed by atoms with Gasteiger partial charge in [-0.2, -0.15) is 0 Å². The van der Waals surface area contributed by atoms with E-state index in [-0.39, 0.29) is 0 Å². The van der Waals surface area contributed by atoms with Gasteiger partial charge in [0.1, 0.15) is 0 Å². The molecule has 0 bridgehead atoms. The first-order valence-electron chi connectivity index (χ1n) is 2.21. The third-order valence-corrected chi connectivity index (χ3v) is 5.40. The number of rotatable bonds is 2. The van der Waals surface area contributed by atoms with Crippen LogP contribution < -0.4 is 0 Å². The van der Waals surface area contributed by atoms with Gasteiger partial charge in [0.15, 0.2) is 0 Å². The van der Waals surface area contributed by atoms with Gasteiger partial charge >= 0.3 is 69.6 Å². The van der Waals surface area contributed by atoms with Crippen LogP contribution in [-0.2, 0) is 0 Å². The molecule has 0 rings (SSSR count). The van der Waals surface area contributed by atoms with Crippen molar-refractivity contribution in [3.63, 3.8) is 0 Å². The van der Waals surface area contributed by atoms with Gasteiger partial charge in [-0.3, -0.25) is 0 Å². The van der Waals surface area contributed by atoms with Gasteiger partial charge in [-0.15, -0.1) is 0 Å². The van der Waals surface area contributed by atoms with Crippen molar-refractivity contribution in [2.75, 3.05) is 9.36 Å². The van der Waals surface area contributed by atoms with Crippen molar-refractivity contribution in [1.82, 2.24) is 0 Å². The second-order valence-electron chi connectivity index (χ2n) is 1.57. The minimum absolute atomic E-state index is 0.383. The predicted molar refractivity (Wildman–Crippen MR) is 49.5 cm³/mol. The topological polar surface area (TPSA) is 0 Å². The monoisotopic (exact) mass is 366 g/mol. The summed E-state index contributed by atoms with van der Waals surface area (Å²) in [5, 5.41) is 0. The van der Waals surface area contributed by atoms with Gasteiger partial charge in [0.2, 0.25) is 0 Å². The van der Waals surface area contributed by atoms with Gasteiger partial charge in [0, 0.05) is 0 Å². The van der Waals surface area contributed by atoms with Crippen LogP contribution in [-0.4, -0.2) is 15.5 Å². The van der Waals surface area contributed by atoms with Gasteiger partial charge in [-0.05, 0) is 0 Å². The molecule has 0 aliphatic carbocycles. The van der Waals surface area contributed by atoms with Crippen LogP contribution in [0.1, 0.15) is 6.42 Å². The van der Waals surface area contributed by atoms with E-state index >= 15 is 0 Å². The Kier molecular flexibility index (Phi) is 4.78. The Morgan fingerprint density at radius 2 is 1.89 bits per heavy atom. The van der Waals surface area contributed by atoms with Crippen LogP contribution >= 0.6 is 34.5 Å². The van der Waals surface area contributed by atoms with E-state index in [0.717, 1.165) is 0 Å². The molecule has 0 spiro atoms. The number of halogens is 5. The van der Waals surface area contributed by atoms with E-state index in [1.807, 2.05) is 4.93 Å². The molecule has 9 heavy (non-hydrogen) atoms. The minimum atomic E-state index is -3.93. The number of alkyl halides is 5. The van der Waals surface area contributed by atoms with Gasteiger partial charge in [0.25, 0.3) is 0 Å². The Hall–Kier alpha value is 1.25. The fourth-order valence-corrected chi connectivity index (χ4v) is 2.96. The van der Waals surface area contributed by atoms with Crippen molar-refractivity contribution in [3.8, 4) is 0 Å². The molecule has 0 aromatic rings. The van der Waals surface area contributed by atoms with E-state index in [0.29, 0.717) is 4.43 Å². The van der Waals surface area contributed by atoms with Gasteiger partial charge in [-0.25, -0.2) is 0 Å². The van der Waals surface area contributed by atoms with Gasteiger partial charge in [0.05, 0.1) is 0 Å². The summed E-state index contributed by atoms with van der Waals surface area (Å²) in [4.78, 5) is 1.93. The van der Waals surface area contributed by atoms with E-state index in [1.165, 1.54) is 0 Å². The van der Waals surface area contributed by atoms with Gasteiger partial charge < -0.3 is 0 Å². The number of hydrogen-bond acceptors (Lipinski definition) is 0. The molecule has 0 aliphatic heterocycles. The molecule has 0 saturated carbocycles. The normalized spacial score (nSPS) is 13.7. The van der Waals surface area contributed by atoms with E-state index in [9.17, 15) is 13.2 Å². The standard InChI is InChI=1S/C4H7F3I2/c1-9(8)3-2-4(5,6)7/h2-3H2,1H3. The zero-order valence-corrected chi connectivity index (χ0v) is 9.12. The molecular weight excluding hydrogens is 359 g/mol. The molecule has 0 aliphatic rings. The molecule has 0 aromatic heterocycles. The van der Waals surface area contributed by atoms with Gasteiger partial charge in [-0.1, -0.05) is 0 Å². The summed E-state index contributed by atoms with van der Waals surface area (Å²) >= 11 is 0.973. The zero-order chi connectivity index (χ0) is 7.49. The Balaban J connectivity index is 3.28. The molecule has 58 valence electrons. The molecule has 0 N–H and O–H groups in total. The first kappa shape index (κ1) is 10.2. The molecular formula is C4H7F3I2. The van der Waals surface area contributed by atoms with Crippen molar-refractivity contribution in [2.24, 2.45) is 0 Å². The molecule has 0 amide bonds. The Morgan fingerprint density at radius 3 is 2.00 bits per heavy atom. The molecule has 0 fully saturated rings. The second kappa shape index (κ2) is 4.20. The third-order valence-electron chi connectivity index (χ3n) is 0.638. The van der Waals surface area contributed by atoms with E-state index in [4.69, 9.17) is 0 Å². The Labute approximate surface area is 69.1 Å².